The zero-order chi connectivity index (χ0) is 17.3. The van der Waals surface area contributed by atoms with E-state index in [9.17, 15) is 22.5 Å². The van der Waals surface area contributed by atoms with Gasteiger partial charge in [0, 0.05) is 4.90 Å². The Kier molecular flexibility index (Phi) is 4.96. The van der Waals surface area contributed by atoms with Crippen LogP contribution in [0.2, 0.25) is 0 Å². The van der Waals surface area contributed by atoms with Gasteiger partial charge in [0.05, 0.1) is 16.6 Å². The zero-order valence-electron chi connectivity index (χ0n) is 12.7. The van der Waals surface area contributed by atoms with Crippen molar-refractivity contribution >= 4 is 10.8 Å². The monoisotopic (exact) mass is 342 g/mol. The van der Waals surface area contributed by atoms with Crippen LogP contribution in [0.15, 0.2) is 53.4 Å². The molecule has 0 aromatic heterocycles. The number of hydrogen-bond donors (Lipinski definition) is 1. The molecule has 0 aliphatic carbocycles. The zero-order valence-corrected chi connectivity index (χ0v) is 13.5. The fourth-order valence-corrected chi connectivity index (χ4v) is 3.44. The van der Waals surface area contributed by atoms with E-state index in [-0.39, 0.29) is 10.5 Å². The minimum atomic E-state index is -4.93. The maximum Gasteiger partial charge on any atom is 0.422 e. The first-order valence-corrected chi connectivity index (χ1v) is 8.27. The van der Waals surface area contributed by atoms with Crippen LogP contribution < -0.4 is 0 Å². The first-order valence-electron chi connectivity index (χ1n) is 6.95. The van der Waals surface area contributed by atoms with E-state index >= 15 is 0 Å². The number of aliphatic hydroxyl groups is 1. The van der Waals surface area contributed by atoms with Crippen molar-refractivity contribution in [2.75, 3.05) is 5.75 Å². The van der Waals surface area contributed by atoms with E-state index in [0.29, 0.717) is 0 Å². The van der Waals surface area contributed by atoms with Gasteiger partial charge in [0.25, 0.3) is 0 Å². The summed E-state index contributed by atoms with van der Waals surface area (Å²) in [5.41, 5.74) is -1.78. The quantitative estimate of drug-likeness (QED) is 0.916. The Morgan fingerprint density at radius 1 is 0.913 bits per heavy atom. The van der Waals surface area contributed by atoms with Crippen LogP contribution >= 0.6 is 0 Å². The maximum absolute atomic E-state index is 13.4. The summed E-state index contributed by atoms with van der Waals surface area (Å²) in [5.74, 6) is -0.942. The fourth-order valence-electron chi connectivity index (χ4n) is 2.12. The van der Waals surface area contributed by atoms with Gasteiger partial charge in [-0.3, -0.25) is 4.21 Å². The molecule has 0 amide bonds. The fraction of sp³-hybridized carbons (Fsp3) is 0.294. The van der Waals surface area contributed by atoms with Gasteiger partial charge in [-0.2, -0.15) is 13.2 Å². The van der Waals surface area contributed by atoms with E-state index in [0.717, 1.165) is 11.1 Å². The summed E-state index contributed by atoms with van der Waals surface area (Å²) in [6, 6.07) is 11.8. The van der Waals surface area contributed by atoms with Gasteiger partial charge in [-0.1, -0.05) is 47.5 Å². The van der Waals surface area contributed by atoms with Gasteiger partial charge in [0.15, 0.2) is 5.60 Å². The van der Waals surface area contributed by atoms with Gasteiger partial charge in [-0.15, -0.1) is 0 Å². The first kappa shape index (κ1) is 17.7. The molecular weight excluding hydrogens is 325 g/mol. The Balaban J connectivity index is 2.38. The molecule has 0 spiro atoms. The lowest BCUT2D eigenvalue weighted by Crippen LogP contribution is -2.46. The van der Waals surface area contributed by atoms with Crippen molar-refractivity contribution in [1.82, 2.24) is 0 Å². The van der Waals surface area contributed by atoms with E-state index in [1.54, 1.807) is 19.1 Å². The van der Waals surface area contributed by atoms with Gasteiger partial charge in [0.1, 0.15) is 0 Å². The molecule has 0 bridgehead atoms. The lowest BCUT2D eigenvalue weighted by Gasteiger charge is -2.30. The van der Waals surface area contributed by atoms with Crippen LogP contribution in [0.5, 0.6) is 0 Å². The molecule has 0 aliphatic heterocycles. The Labute approximate surface area is 135 Å². The van der Waals surface area contributed by atoms with Gasteiger partial charge < -0.3 is 5.11 Å². The maximum atomic E-state index is 13.4. The van der Waals surface area contributed by atoms with Crippen molar-refractivity contribution < 1.29 is 22.5 Å². The largest absolute Gasteiger partial charge is 0.422 e. The highest BCUT2D eigenvalue weighted by Crippen LogP contribution is 2.40. The molecule has 124 valence electrons. The molecular formula is C17H17F3O2S. The average molecular weight is 342 g/mol. The van der Waals surface area contributed by atoms with Gasteiger partial charge in [-0.25, -0.2) is 0 Å². The summed E-state index contributed by atoms with van der Waals surface area (Å²) in [4.78, 5) is 0.255. The van der Waals surface area contributed by atoms with Gasteiger partial charge in [0.2, 0.25) is 0 Å². The van der Waals surface area contributed by atoms with Crippen LogP contribution in [0.1, 0.15) is 16.7 Å². The van der Waals surface area contributed by atoms with Crippen LogP contribution in [0, 0.1) is 13.8 Å². The van der Waals surface area contributed by atoms with E-state index < -0.39 is 28.3 Å². The molecule has 2 rings (SSSR count). The summed E-state index contributed by atoms with van der Waals surface area (Å²) in [7, 11) is -1.98. The molecule has 0 fully saturated rings. The molecule has 2 atom stereocenters. The molecule has 0 saturated heterocycles. The molecule has 1 N–H and O–H groups in total. The number of rotatable bonds is 4. The third-order valence-corrected chi connectivity index (χ3v) is 5.10. The van der Waals surface area contributed by atoms with E-state index in [4.69, 9.17) is 0 Å². The minimum Gasteiger partial charge on any atom is -0.376 e. The molecule has 6 heteroatoms. The highest BCUT2D eigenvalue weighted by Gasteiger charge is 2.55. The molecule has 0 aliphatic rings. The van der Waals surface area contributed by atoms with Crippen molar-refractivity contribution in [1.29, 1.82) is 0 Å². The second-order valence-corrected chi connectivity index (χ2v) is 6.98. The lowest BCUT2D eigenvalue weighted by molar-refractivity contribution is -0.256. The summed E-state index contributed by atoms with van der Waals surface area (Å²) in [6.07, 6.45) is -4.93. The molecule has 23 heavy (non-hydrogen) atoms. The predicted octanol–water partition coefficient (Wildman–Crippen LogP) is 3.86. The molecule has 2 nitrogen and oxygen atoms in total. The van der Waals surface area contributed by atoms with E-state index in [2.05, 4.69) is 0 Å². The number of aryl methyl sites for hydroxylation is 2. The molecule has 0 radical (unpaired) electrons. The molecule has 0 saturated carbocycles. The van der Waals surface area contributed by atoms with Crippen molar-refractivity contribution in [2.24, 2.45) is 0 Å². The van der Waals surface area contributed by atoms with Crippen molar-refractivity contribution in [3.63, 3.8) is 0 Å². The summed E-state index contributed by atoms with van der Waals surface area (Å²) >= 11 is 0. The SMILES string of the molecule is Cc1ccc(S(=O)CC(O)(c2ccc(C)cc2)C(F)(F)F)cc1. The third kappa shape index (κ3) is 3.82. The lowest BCUT2D eigenvalue weighted by atomic mass is 9.94. The van der Waals surface area contributed by atoms with Crippen molar-refractivity contribution in [2.45, 2.75) is 30.5 Å². The van der Waals surface area contributed by atoms with Crippen LogP contribution in [-0.2, 0) is 16.4 Å². The van der Waals surface area contributed by atoms with E-state index in [1.165, 1.54) is 36.4 Å². The predicted molar refractivity (Wildman–Crippen MR) is 83.6 cm³/mol. The molecule has 0 heterocycles. The standard InChI is InChI=1S/C17H17F3O2S/c1-12-3-7-14(8-4-12)16(21,17(18,19)20)11-23(22)15-9-5-13(2)6-10-15/h3-10,21H,11H2,1-2H3. The summed E-state index contributed by atoms with van der Waals surface area (Å²) in [6.45, 7) is 3.56. The minimum absolute atomic E-state index is 0.255. The smallest absolute Gasteiger partial charge is 0.376 e. The number of hydrogen-bond acceptors (Lipinski definition) is 2. The Morgan fingerprint density at radius 2 is 1.35 bits per heavy atom. The topological polar surface area (TPSA) is 37.3 Å². The van der Waals surface area contributed by atoms with Gasteiger partial charge >= 0.3 is 6.18 Å². The van der Waals surface area contributed by atoms with Gasteiger partial charge in [-0.05, 0) is 31.5 Å². The van der Waals surface area contributed by atoms with Crippen LogP contribution in [0.25, 0.3) is 0 Å². The Morgan fingerprint density at radius 3 is 1.78 bits per heavy atom. The average Bonchev–Trinajstić information content (AvgIpc) is 2.47. The number of benzene rings is 2. The molecule has 2 aromatic carbocycles. The Hall–Kier alpha value is -1.66. The highest BCUT2D eigenvalue weighted by molar-refractivity contribution is 7.85. The van der Waals surface area contributed by atoms with Crippen molar-refractivity contribution in [3.05, 3.63) is 65.2 Å². The molecule has 2 unspecified atom stereocenters. The van der Waals surface area contributed by atoms with Crippen molar-refractivity contribution in [3.8, 4) is 0 Å². The summed E-state index contributed by atoms with van der Waals surface area (Å²) < 4.78 is 52.6. The van der Waals surface area contributed by atoms with Crippen LogP contribution in [-0.4, -0.2) is 21.2 Å². The number of halogens is 3. The Bertz CT molecular complexity index is 693. The first-order chi connectivity index (χ1) is 10.6. The normalized spacial score (nSPS) is 15.9. The second kappa shape index (κ2) is 6.45. The highest BCUT2D eigenvalue weighted by atomic mass is 32.2. The molecule has 2 aromatic rings. The second-order valence-electron chi connectivity index (χ2n) is 5.53. The van der Waals surface area contributed by atoms with Crippen LogP contribution in [0.4, 0.5) is 13.2 Å². The third-order valence-electron chi connectivity index (χ3n) is 3.62. The number of alkyl halides is 3. The summed E-state index contributed by atoms with van der Waals surface area (Å²) in [5, 5.41) is 10.3. The van der Waals surface area contributed by atoms with E-state index in [1.807, 2.05) is 6.92 Å². The van der Waals surface area contributed by atoms with Crippen LogP contribution in [0.3, 0.4) is 0 Å².